The first-order valence-electron chi connectivity index (χ1n) is 7.09. The normalized spacial score (nSPS) is 12.0. The van der Waals surface area contributed by atoms with Crippen LogP contribution in [0.3, 0.4) is 0 Å². The smallest absolute Gasteiger partial charge is 0.273 e. The van der Waals surface area contributed by atoms with Gasteiger partial charge in [0.2, 0.25) is 5.95 Å². The van der Waals surface area contributed by atoms with Gasteiger partial charge in [-0.3, -0.25) is 4.79 Å². The SMILES string of the molecule is CCC(C)N(Cc1ccccc1)C(=O)c1cccc(F)n1. The van der Waals surface area contributed by atoms with Crippen LogP contribution in [0.25, 0.3) is 0 Å². The summed E-state index contributed by atoms with van der Waals surface area (Å²) in [4.78, 5) is 18.0. The molecule has 0 saturated carbocycles. The molecule has 1 heterocycles. The van der Waals surface area contributed by atoms with Crippen LogP contribution in [0, 0.1) is 5.95 Å². The van der Waals surface area contributed by atoms with Crippen molar-refractivity contribution in [3.05, 3.63) is 65.7 Å². The summed E-state index contributed by atoms with van der Waals surface area (Å²) in [5.74, 6) is -0.877. The molecule has 1 atom stereocenters. The van der Waals surface area contributed by atoms with Crippen LogP contribution >= 0.6 is 0 Å². The van der Waals surface area contributed by atoms with Crippen LogP contribution in [0.4, 0.5) is 4.39 Å². The topological polar surface area (TPSA) is 33.2 Å². The number of carbonyl (C=O) groups is 1. The number of carbonyl (C=O) groups excluding carboxylic acids is 1. The minimum atomic E-state index is -0.635. The molecule has 21 heavy (non-hydrogen) atoms. The molecule has 1 aromatic carbocycles. The van der Waals surface area contributed by atoms with Gasteiger partial charge in [0.1, 0.15) is 5.69 Å². The zero-order valence-electron chi connectivity index (χ0n) is 12.3. The van der Waals surface area contributed by atoms with Crippen molar-refractivity contribution in [3.63, 3.8) is 0 Å². The summed E-state index contributed by atoms with van der Waals surface area (Å²) >= 11 is 0. The Kier molecular flexibility index (Phi) is 5.04. The summed E-state index contributed by atoms with van der Waals surface area (Å²) in [6, 6.07) is 14.1. The second-order valence-electron chi connectivity index (χ2n) is 5.02. The van der Waals surface area contributed by atoms with Crippen LogP contribution in [0.5, 0.6) is 0 Å². The summed E-state index contributed by atoms with van der Waals surface area (Å²) < 4.78 is 13.2. The number of rotatable bonds is 5. The largest absolute Gasteiger partial charge is 0.330 e. The van der Waals surface area contributed by atoms with Gasteiger partial charge in [0.25, 0.3) is 5.91 Å². The Hall–Kier alpha value is -2.23. The zero-order chi connectivity index (χ0) is 15.2. The van der Waals surface area contributed by atoms with E-state index in [1.165, 1.54) is 12.1 Å². The first kappa shape index (κ1) is 15.2. The van der Waals surface area contributed by atoms with Crippen LogP contribution in [0.1, 0.15) is 36.3 Å². The van der Waals surface area contributed by atoms with Gasteiger partial charge in [0.15, 0.2) is 0 Å². The van der Waals surface area contributed by atoms with Crippen molar-refractivity contribution in [1.29, 1.82) is 0 Å². The monoisotopic (exact) mass is 286 g/mol. The van der Waals surface area contributed by atoms with E-state index in [1.807, 2.05) is 44.2 Å². The molecule has 0 aliphatic carbocycles. The highest BCUT2D eigenvalue weighted by molar-refractivity contribution is 5.92. The predicted octanol–water partition coefficient (Wildman–Crippen LogP) is 3.66. The summed E-state index contributed by atoms with van der Waals surface area (Å²) in [7, 11) is 0. The lowest BCUT2D eigenvalue weighted by Crippen LogP contribution is -2.38. The maximum atomic E-state index is 13.2. The van der Waals surface area contributed by atoms with Gasteiger partial charge in [-0.15, -0.1) is 0 Å². The number of benzene rings is 1. The highest BCUT2D eigenvalue weighted by Crippen LogP contribution is 2.14. The van der Waals surface area contributed by atoms with Crippen molar-refractivity contribution < 1.29 is 9.18 Å². The van der Waals surface area contributed by atoms with Crippen LogP contribution in [-0.4, -0.2) is 21.8 Å². The number of hydrogen-bond acceptors (Lipinski definition) is 2. The van der Waals surface area contributed by atoms with Crippen LogP contribution in [-0.2, 0) is 6.54 Å². The van der Waals surface area contributed by atoms with Gasteiger partial charge in [-0.05, 0) is 31.0 Å². The third kappa shape index (κ3) is 3.88. The number of pyridine rings is 1. The summed E-state index contributed by atoms with van der Waals surface area (Å²) in [5.41, 5.74) is 1.19. The fourth-order valence-electron chi connectivity index (χ4n) is 2.10. The highest BCUT2D eigenvalue weighted by atomic mass is 19.1. The molecule has 2 rings (SSSR count). The maximum Gasteiger partial charge on any atom is 0.273 e. The quantitative estimate of drug-likeness (QED) is 0.786. The molecule has 0 fully saturated rings. The number of amides is 1. The van der Waals surface area contributed by atoms with Gasteiger partial charge in [-0.1, -0.05) is 43.3 Å². The Balaban J connectivity index is 2.25. The molecule has 1 aromatic heterocycles. The lowest BCUT2D eigenvalue weighted by Gasteiger charge is -2.28. The summed E-state index contributed by atoms with van der Waals surface area (Å²) in [5, 5.41) is 0. The van der Waals surface area contributed by atoms with E-state index in [4.69, 9.17) is 0 Å². The molecule has 1 amide bonds. The van der Waals surface area contributed by atoms with E-state index in [9.17, 15) is 9.18 Å². The second kappa shape index (κ2) is 6.97. The lowest BCUT2D eigenvalue weighted by molar-refractivity contribution is 0.0664. The fraction of sp³-hybridized carbons (Fsp3) is 0.294. The molecule has 3 nitrogen and oxygen atoms in total. The Labute approximate surface area is 124 Å². The molecule has 4 heteroatoms. The van der Waals surface area contributed by atoms with Gasteiger partial charge < -0.3 is 4.90 Å². The molecule has 0 radical (unpaired) electrons. The number of hydrogen-bond donors (Lipinski definition) is 0. The van der Waals surface area contributed by atoms with Crippen molar-refractivity contribution in [2.45, 2.75) is 32.9 Å². The molecular weight excluding hydrogens is 267 g/mol. The molecule has 0 aliphatic heterocycles. The Morgan fingerprint density at radius 2 is 1.90 bits per heavy atom. The summed E-state index contributed by atoms with van der Waals surface area (Å²) in [6.45, 7) is 4.50. The number of aromatic nitrogens is 1. The minimum absolute atomic E-state index is 0.0581. The van der Waals surface area contributed by atoms with Gasteiger partial charge in [0.05, 0.1) is 0 Å². The van der Waals surface area contributed by atoms with Gasteiger partial charge in [0, 0.05) is 12.6 Å². The maximum absolute atomic E-state index is 13.2. The third-order valence-corrected chi connectivity index (χ3v) is 3.51. The molecule has 110 valence electrons. The van der Waals surface area contributed by atoms with E-state index in [0.29, 0.717) is 6.54 Å². The van der Waals surface area contributed by atoms with E-state index in [2.05, 4.69) is 4.98 Å². The van der Waals surface area contributed by atoms with E-state index in [1.54, 1.807) is 11.0 Å². The minimum Gasteiger partial charge on any atom is -0.330 e. The molecular formula is C17H19FN2O. The Bertz CT molecular complexity index is 601. The van der Waals surface area contributed by atoms with Gasteiger partial charge in [-0.25, -0.2) is 4.98 Å². The molecule has 1 unspecified atom stereocenters. The first-order valence-corrected chi connectivity index (χ1v) is 7.09. The van der Waals surface area contributed by atoms with Crippen molar-refractivity contribution in [2.24, 2.45) is 0 Å². The van der Waals surface area contributed by atoms with Crippen molar-refractivity contribution >= 4 is 5.91 Å². The highest BCUT2D eigenvalue weighted by Gasteiger charge is 2.22. The lowest BCUT2D eigenvalue weighted by atomic mass is 10.1. The predicted molar refractivity (Wildman–Crippen MR) is 80.3 cm³/mol. The fourth-order valence-corrected chi connectivity index (χ4v) is 2.10. The third-order valence-electron chi connectivity index (χ3n) is 3.51. The Morgan fingerprint density at radius 1 is 1.19 bits per heavy atom. The van der Waals surface area contributed by atoms with E-state index < -0.39 is 5.95 Å². The average molecular weight is 286 g/mol. The van der Waals surface area contributed by atoms with Crippen molar-refractivity contribution in [1.82, 2.24) is 9.88 Å². The van der Waals surface area contributed by atoms with Gasteiger partial charge >= 0.3 is 0 Å². The van der Waals surface area contributed by atoms with Crippen molar-refractivity contribution in [3.8, 4) is 0 Å². The number of nitrogens with zero attached hydrogens (tertiary/aromatic N) is 2. The van der Waals surface area contributed by atoms with E-state index in [-0.39, 0.29) is 17.6 Å². The second-order valence-corrected chi connectivity index (χ2v) is 5.02. The molecule has 0 bridgehead atoms. The van der Waals surface area contributed by atoms with Crippen LogP contribution in [0.2, 0.25) is 0 Å². The standard InChI is InChI=1S/C17H19FN2O/c1-3-13(2)20(12-14-8-5-4-6-9-14)17(21)15-10-7-11-16(18)19-15/h4-11,13H,3,12H2,1-2H3. The van der Waals surface area contributed by atoms with E-state index in [0.717, 1.165) is 12.0 Å². The van der Waals surface area contributed by atoms with Gasteiger partial charge in [-0.2, -0.15) is 4.39 Å². The molecule has 0 N–H and O–H groups in total. The Morgan fingerprint density at radius 3 is 2.52 bits per heavy atom. The van der Waals surface area contributed by atoms with E-state index >= 15 is 0 Å². The number of halogens is 1. The zero-order valence-corrected chi connectivity index (χ0v) is 12.3. The molecule has 0 aliphatic rings. The molecule has 2 aromatic rings. The summed E-state index contributed by atoms with van der Waals surface area (Å²) in [6.07, 6.45) is 0.827. The van der Waals surface area contributed by atoms with Crippen LogP contribution in [0.15, 0.2) is 48.5 Å². The molecule has 0 saturated heterocycles. The van der Waals surface area contributed by atoms with Crippen molar-refractivity contribution in [2.75, 3.05) is 0 Å². The molecule has 0 spiro atoms. The van der Waals surface area contributed by atoms with Crippen LogP contribution < -0.4 is 0 Å². The first-order chi connectivity index (χ1) is 10.1. The average Bonchev–Trinajstić information content (AvgIpc) is 2.52.